The Bertz CT molecular complexity index is 831. The highest BCUT2D eigenvalue weighted by Crippen LogP contribution is 2.26. The summed E-state index contributed by atoms with van der Waals surface area (Å²) in [6.45, 7) is 5.78. The average molecular weight is 358 g/mol. The molecule has 2 aromatic rings. The van der Waals surface area contributed by atoms with Crippen molar-refractivity contribution < 1.29 is 14.0 Å². The summed E-state index contributed by atoms with van der Waals surface area (Å²) in [5.74, 6) is -0.852. The van der Waals surface area contributed by atoms with Gasteiger partial charge in [0.15, 0.2) is 0 Å². The number of benzene rings is 1. The van der Waals surface area contributed by atoms with Gasteiger partial charge in [-0.05, 0) is 51.0 Å². The number of halogens is 1. The van der Waals surface area contributed by atoms with E-state index in [1.807, 2.05) is 24.6 Å². The van der Waals surface area contributed by atoms with Gasteiger partial charge in [-0.25, -0.2) is 4.39 Å². The maximum absolute atomic E-state index is 13.5. The number of aryl methyl sites for hydroxylation is 1. The van der Waals surface area contributed by atoms with Crippen LogP contribution < -0.4 is 10.6 Å². The summed E-state index contributed by atoms with van der Waals surface area (Å²) in [4.78, 5) is 24.6. The van der Waals surface area contributed by atoms with Crippen molar-refractivity contribution in [2.75, 3.05) is 0 Å². The summed E-state index contributed by atoms with van der Waals surface area (Å²) < 4.78 is 15.4. The maximum atomic E-state index is 13.5. The quantitative estimate of drug-likeness (QED) is 0.882. The summed E-state index contributed by atoms with van der Waals surface area (Å²) in [6.07, 6.45) is 2.53. The Morgan fingerprint density at radius 3 is 2.88 bits per heavy atom. The average Bonchev–Trinajstić information content (AvgIpc) is 3.08. The minimum Gasteiger partial charge on any atom is -0.347 e. The number of amides is 2. The van der Waals surface area contributed by atoms with Crippen molar-refractivity contribution in [2.24, 2.45) is 0 Å². The fourth-order valence-corrected chi connectivity index (χ4v) is 3.32. The van der Waals surface area contributed by atoms with Crippen molar-refractivity contribution in [1.82, 2.24) is 20.4 Å². The van der Waals surface area contributed by atoms with Crippen molar-refractivity contribution in [1.29, 1.82) is 0 Å². The topological polar surface area (TPSA) is 76.0 Å². The van der Waals surface area contributed by atoms with E-state index in [-0.39, 0.29) is 29.9 Å². The molecule has 0 aliphatic carbocycles. The number of piperidine rings is 1. The third-order valence-electron chi connectivity index (χ3n) is 4.67. The number of nitrogens with zero attached hydrogens (tertiary/aromatic N) is 2. The molecule has 1 aliphatic rings. The van der Waals surface area contributed by atoms with Crippen LogP contribution in [0.2, 0.25) is 0 Å². The van der Waals surface area contributed by atoms with Gasteiger partial charge in [-0.1, -0.05) is 6.07 Å². The molecule has 3 rings (SSSR count). The maximum Gasteiger partial charge on any atom is 0.251 e. The van der Waals surface area contributed by atoms with Crippen molar-refractivity contribution in [3.05, 3.63) is 53.1 Å². The lowest BCUT2D eigenvalue weighted by Gasteiger charge is -2.33. The van der Waals surface area contributed by atoms with E-state index in [1.165, 1.54) is 12.1 Å². The lowest BCUT2D eigenvalue weighted by molar-refractivity contribution is -0.124. The van der Waals surface area contributed by atoms with Gasteiger partial charge in [0.05, 0.1) is 17.8 Å². The zero-order valence-electron chi connectivity index (χ0n) is 15.1. The molecular weight excluding hydrogens is 335 g/mol. The van der Waals surface area contributed by atoms with Gasteiger partial charge < -0.3 is 10.6 Å². The van der Waals surface area contributed by atoms with Gasteiger partial charge >= 0.3 is 0 Å². The minimum atomic E-state index is -0.452. The molecule has 2 heterocycles. The van der Waals surface area contributed by atoms with Crippen LogP contribution in [0.15, 0.2) is 30.5 Å². The van der Waals surface area contributed by atoms with Crippen LogP contribution in [0, 0.1) is 12.7 Å². The van der Waals surface area contributed by atoms with Crippen LogP contribution in [-0.2, 0) is 4.79 Å². The largest absolute Gasteiger partial charge is 0.347 e. The molecule has 1 aliphatic heterocycles. The van der Waals surface area contributed by atoms with Crippen molar-refractivity contribution >= 4 is 11.8 Å². The fourth-order valence-electron chi connectivity index (χ4n) is 3.32. The molecule has 2 amide bonds. The van der Waals surface area contributed by atoms with Crippen LogP contribution in [0.25, 0.3) is 0 Å². The zero-order valence-corrected chi connectivity index (χ0v) is 15.1. The first-order chi connectivity index (χ1) is 12.4. The Balaban J connectivity index is 1.87. The lowest BCUT2D eigenvalue weighted by Crippen LogP contribution is -2.50. The molecule has 6 nitrogen and oxygen atoms in total. The monoisotopic (exact) mass is 358 g/mol. The Morgan fingerprint density at radius 2 is 2.15 bits per heavy atom. The highest BCUT2D eigenvalue weighted by atomic mass is 19.1. The van der Waals surface area contributed by atoms with Gasteiger partial charge in [-0.15, -0.1) is 0 Å². The van der Waals surface area contributed by atoms with Crippen LogP contribution in [-0.4, -0.2) is 27.6 Å². The minimum absolute atomic E-state index is 0.0565. The molecule has 0 bridgehead atoms. The van der Waals surface area contributed by atoms with E-state index >= 15 is 0 Å². The van der Waals surface area contributed by atoms with Gasteiger partial charge in [0.1, 0.15) is 5.82 Å². The molecule has 0 spiro atoms. The molecule has 0 radical (unpaired) electrons. The Hall–Kier alpha value is -2.70. The van der Waals surface area contributed by atoms with Gasteiger partial charge in [0, 0.05) is 24.2 Å². The van der Waals surface area contributed by atoms with Gasteiger partial charge in [-0.2, -0.15) is 5.10 Å². The molecule has 26 heavy (non-hydrogen) atoms. The number of hydrogen-bond donors (Lipinski definition) is 2. The van der Waals surface area contributed by atoms with Gasteiger partial charge in [-0.3, -0.25) is 14.3 Å². The number of rotatable bonds is 4. The van der Waals surface area contributed by atoms with Crippen molar-refractivity contribution in [3.63, 3.8) is 0 Å². The van der Waals surface area contributed by atoms with Crippen molar-refractivity contribution in [3.8, 4) is 0 Å². The standard InChI is InChI=1S/C19H23FN4O2/c1-11(2)24-16(8-9-21-24)18-15(6-7-17(25)23-18)22-19(26)14-10-13(20)5-4-12(14)3/h4-5,8-11,15,18H,6-7H2,1-3H3,(H,22,26)(H,23,25)/t15-,18-/m1/s1. The molecule has 0 saturated carbocycles. The molecule has 0 unspecified atom stereocenters. The molecule has 7 heteroatoms. The first-order valence-corrected chi connectivity index (χ1v) is 8.76. The number of hydrogen-bond acceptors (Lipinski definition) is 3. The Morgan fingerprint density at radius 1 is 1.38 bits per heavy atom. The zero-order chi connectivity index (χ0) is 18.8. The molecule has 2 N–H and O–H groups in total. The normalized spacial score (nSPS) is 20.1. The molecule has 1 fully saturated rings. The van der Waals surface area contributed by atoms with Crippen LogP contribution in [0.3, 0.4) is 0 Å². The first-order valence-electron chi connectivity index (χ1n) is 8.76. The van der Waals surface area contributed by atoms with E-state index in [1.54, 1.807) is 19.2 Å². The molecule has 138 valence electrons. The van der Waals surface area contributed by atoms with Gasteiger partial charge in [0.2, 0.25) is 5.91 Å². The Kier molecular flexibility index (Phi) is 5.06. The fraction of sp³-hybridized carbons (Fsp3) is 0.421. The highest BCUT2D eigenvalue weighted by Gasteiger charge is 2.33. The summed E-state index contributed by atoms with van der Waals surface area (Å²) in [7, 11) is 0. The van der Waals surface area contributed by atoms with Crippen LogP contribution in [0.5, 0.6) is 0 Å². The third kappa shape index (κ3) is 3.61. The van der Waals surface area contributed by atoms with Crippen molar-refractivity contribution in [2.45, 2.75) is 51.7 Å². The predicted octanol–water partition coefficient (Wildman–Crippen LogP) is 2.66. The predicted molar refractivity (Wildman–Crippen MR) is 95.1 cm³/mol. The highest BCUT2D eigenvalue weighted by molar-refractivity contribution is 5.96. The van der Waals surface area contributed by atoms with E-state index < -0.39 is 5.82 Å². The van der Waals surface area contributed by atoms with E-state index in [2.05, 4.69) is 15.7 Å². The van der Waals surface area contributed by atoms with E-state index in [0.717, 1.165) is 5.69 Å². The summed E-state index contributed by atoms with van der Waals surface area (Å²) >= 11 is 0. The molecule has 1 aromatic heterocycles. The van der Waals surface area contributed by atoms with Crippen LogP contribution in [0.1, 0.15) is 60.4 Å². The number of carbonyl (C=O) groups is 2. The summed E-state index contributed by atoms with van der Waals surface area (Å²) in [6, 6.07) is 5.45. The molecule has 1 saturated heterocycles. The smallest absolute Gasteiger partial charge is 0.251 e. The van der Waals surface area contributed by atoms with Crippen LogP contribution in [0.4, 0.5) is 4.39 Å². The second kappa shape index (κ2) is 7.27. The first kappa shape index (κ1) is 18.1. The van der Waals surface area contributed by atoms with E-state index in [9.17, 15) is 14.0 Å². The molecular formula is C19H23FN4O2. The number of nitrogens with one attached hydrogen (secondary N) is 2. The SMILES string of the molecule is Cc1ccc(F)cc1C(=O)N[C@@H]1CCC(=O)N[C@H]1c1ccnn1C(C)C. The third-order valence-corrected chi connectivity index (χ3v) is 4.67. The molecule has 2 atom stereocenters. The number of carbonyl (C=O) groups excluding carboxylic acids is 2. The number of aromatic nitrogens is 2. The van der Waals surface area contributed by atoms with E-state index in [0.29, 0.717) is 24.0 Å². The lowest BCUT2D eigenvalue weighted by atomic mass is 9.94. The second-order valence-electron chi connectivity index (χ2n) is 6.92. The summed E-state index contributed by atoms with van der Waals surface area (Å²) in [5, 5.41) is 10.2. The summed E-state index contributed by atoms with van der Waals surface area (Å²) in [5.41, 5.74) is 1.85. The Labute approximate surface area is 151 Å². The van der Waals surface area contributed by atoms with Gasteiger partial charge in [0.25, 0.3) is 5.91 Å². The molecule has 1 aromatic carbocycles. The second-order valence-corrected chi connectivity index (χ2v) is 6.92. The van der Waals surface area contributed by atoms with Crippen LogP contribution >= 0.6 is 0 Å². The van der Waals surface area contributed by atoms with E-state index in [4.69, 9.17) is 0 Å².